The molecule has 302 valence electrons. The van der Waals surface area contributed by atoms with Gasteiger partial charge in [0.2, 0.25) is 0 Å². The van der Waals surface area contributed by atoms with Crippen LogP contribution in [0.2, 0.25) is 0 Å². The van der Waals surface area contributed by atoms with Crippen LogP contribution in [0.15, 0.2) is 231 Å². The second kappa shape index (κ2) is 15.6. The van der Waals surface area contributed by atoms with Crippen molar-refractivity contribution in [2.45, 2.75) is 37.0 Å². The number of fused-ring (bicyclic) bond motifs is 5. The van der Waals surface area contributed by atoms with Gasteiger partial charge in [-0.25, -0.2) is 0 Å². The molecule has 0 N–H and O–H groups in total. The Morgan fingerprint density at radius 3 is 1.41 bits per heavy atom. The Balaban J connectivity index is 1.10. The lowest BCUT2D eigenvalue weighted by Crippen LogP contribution is -2.28. The molecule has 0 amide bonds. The summed E-state index contributed by atoms with van der Waals surface area (Å²) < 4.78 is 0. The highest BCUT2D eigenvalue weighted by atomic mass is 15.1. The highest BCUT2D eigenvalue weighted by molar-refractivity contribution is 5.97. The number of hydrogen-bond acceptors (Lipinski definition) is 1. The molecule has 2 bridgehead atoms. The monoisotopic (exact) mass is 807 g/mol. The van der Waals surface area contributed by atoms with Crippen molar-refractivity contribution in [2.24, 2.45) is 11.8 Å². The maximum Gasteiger partial charge on any atom is 0.0714 e. The van der Waals surface area contributed by atoms with Gasteiger partial charge >= 0.3 is 0 Å². The van der Waals surface area contributed by atoms with Crippen molar-refractivity contribution in [1.82, 2.24) is 0 Å². The van der Waals surface area contributed by atoms with Crippen LogP contribution in [-0.4, -0.2) is 0 Å². The molecule has 3 unspecified atom stereocenters. The normalized spacial score (nSPS) is 17.9. The van der Waals surface area contributed by atoms with Gasteiger partial charge in [0.25, 0.3) is 0 Å². The third-order valence-electron chi connectivity index (χ3n) is 14.7. The molecule has 0 heterocycles. The van der Waals surface area contributed by atoms with Gasteiger partial charge in [0.15, 0.2) is 0 Å². The minimum absolute atomic E-state index is 0.527. The van der Waals surface area contributed by atoms with Gasteiger partial charge in [-0.15, -0.1) is 0 Å². The van der Waals surface area contributed by atoms with Crippen molar-refractivity contribution in [3.05, 3.63) is 258 Å². The van der Waals surface area contributed by atoms with E-state index in [0.717, 1.165) is 28.9 Å². The first kappa shape index (κ1) is 37.5. The first-order chi connectivity index (χ1) is 31.2. The SMILES string of the molecule is c1ccc(-c2ccccc2-c2ccc(N(c3ccc(C4CC5CCC4C5)cc3)c3cc4c(cc3-c3ccccc3)-c3ccccc3C4(c3ccccc3)c3ccccc3)cc2)cc1. The molecular formula is C62H49N. The highest BCUT2D eigenvalue weighted by Crippen LogP contribution is 2.59. The van der Waals surface area contributed by atoms with Gasteiger partial charge in [0.05, 0.1) is 11.1 Å². The minimum atomic E-state index is -0.527. The molecule has 3 atom stereocenters. The number of hydrogen-bond donors (Lipinski definition) is 0. The molecule has 9 aromatic carbocycles. The van der Waals surface area contributed by atoms with Crippen LogP contribution in [-0.2, 0) is 5.41 Å². The van der Waals surface area contributed by atoms with E-state index >= 15 is 0 Å². The average molecular weight is 808 g/mol. The first-order valence-electron chi connectivity index (χ1n) is 22.8. The van der Waals surface area contributed by atoms with E-state index in [2.05, 4.69) is 235 Å². The summed E-state index contributed by atoms with van der Waals surface area (Å²) in [5.41, 5.74) is 19.4. The van der Waals surface area contributed by atoms with Crippen molar-refractivity contribution in [3.8, 4) is 44.5 Å². The van der Waals surface area contributed by atoms with Crippen LogP contribution in [0.4, 0.5) is 17.1 Å². The molecule has 63 heavy (non-hydrogen) atoms. The van der Waals surface area contributed by atoms with Gasteiger partial charge in [-0.3, -0.25) is 0 Å². The lowest BCUT2D eigenvalue weighted by molar-refractivity contribution is 0.420. The Kier molecular flexibility index (Phi) is 9.29. The van der Waals surface area contributed by atoms with E-state index in [1.807, 2.05) is 0 Å². The largest absolute Gasteiger partial charge is 0.310 e. The summed E-state index contributed by atoms with van der Waals surface area (Å²) in [5.74, 6) is 2.40. The molecule has 0 saturated heterocycles. The van der Waals surface area contributed by atoms with Crippen molar-refractivity contribution in [2.75, 3.05) is 4.90 Å². The fraction of sp³-hybridized carbons (Fsp3) is 0.129. The predicted octanol–water partition coefficient (Wildman–Crippen LogP) is 16.4. The summed E-state index contributed by atoms with van der Waals surface area (Å²) in [4.78, 5) is 2.53. The van der Waals surface area contributed by atoms with Gasteiger partial charge in [-0.2, -0.15) is 0 Å². The van der Waals surface area contributed by atoms with E-state index in [9.17, 15) is 0 Å². The number of benzene rings is 9. The van der Waals surface area contributed by atoms with Crippen molar-refractivity contribution in [1.29, 1.82) is 0 Å². The minimum Gasteiger partial charge on any atom is -0.310 e. The number of rotatable bonds is 9. The number of nitrogens with zero attached hydrogens (tertiary/aromatic N) is 1. The highest BCUT2D eigenvalue weighted by Gasteiger charge is 2.47. The average Bonchev–Trinajstić information content (AvgIpc) is 4.09. The molecule has 12 rings (SSSR count). The quantitative estimate of drug-likeness (QED) is 0.140. The molecule has 2 fully saturated rings. The Morgan fingerprint density at radius 1 is 0.365 bits per heavy atom. The van der Waals surface area contributed by atoms with Gasteiger partial charge < -0.3 is 4.90 Å². The molecule has 3 aliphatic rings. The molecule has 0 radical (unpaired) electrons. The van der Waals surface area contributed by atoms with Gasteiger partial charge in [-0.05, 0) is 140 Å². The van der Waals surface area contributed by atoms with Crippen LogP contribution in [0.5, 0.6) is 0 Å². The number of anilines is 3. The van der Waals surface area contributed by atoms with E-state index in [1.54, 1.807) is 0 Å². The third-order valence-corrected chi connectivity index (χ3v) is 14.7. The summed E-state index contributed by atoms with van der Waals surface area (Å²) in [7, 11) is 0. The Bertz CT molecular complexity index is 3000. The van der Waals surface area contributed by atoms with Crippen LogP contribution in [0.1, 0.15) is 59.4 Å². The summed E-state index contributed by atoms with van der Waals surface area (Å²) in [6.45, 7) is 0. The van der Waals surface area contributed by atoms with E-state index in [1.165, 1.54) is 98.0 Å². The van der Waals surface area contributed by atoms with Crippen LogP contribution >= 0.6 is 0 Å². The molecule has 0 spiro atoms. The lowest BCUT2D eigenvalue weighted by atomic mass is 9.67. The van der Waals surface area contributed by atoms with Gasteiger partial charge in [0.1, 0.15) is 0 Å². The standard InChI is InChI=1S/C62H49N/c1-5-17-44(18-6-1)53-25-13-14-26-54(53)46-31-35-51(36-32-46)63(52-37-33-47(34-38-52)56-40-43-29-30-48(56)39-43)61-42-60-58(41-57(61)45-19-7-2-8-20-45)55-27-15-16-28-59(55)62(60,49-21-9-3-10-22-49)50-23-11-4-12-24-50/h1-28,31-38,41-43,48,56H,29-30,39-40H2. The van der Waals surface area contributed by atoms with Crippen LogP contribution < -0.4 is 4.90 Å². The van der Waals surface area contributed by atoms with Crippen molar-refractivity contribution >= 4 is 17.1 Å². The zero-order valence-corrected chi connectivity index (χ0v) is 35.4. The van der Waals surface area contributed by atoms with Crippen molar-refractivity contribution < 1.29 is 0 Å². The Morgan fingerprint density at radius 2 is 0.857 bits per heavy atom. The second-order valence-corrected chi connectivity index (χ2v) is 18.0. The summed E-state index contributed by atoms with van der Waals surface area (Å²) >= 11 is 0. The Labute approximate surface area is 372 Å². The van der Waals surface area contributed by atoms with Gasteiger partial charge in [0, 0.05) is 16.9 Å². The maximum atomic E-state index is 2.54. The summed E-state index contributed by atoms with van der Waals surface area (Å²) in [5, 5.41) is 0. The lowest BCUT2D eigenvalue weighted by Gasteiger charge is -2.35. The zero-order chi connectivity index (χ0) is 41.7. The molecular weight excluding hydrogens is 759 g/mol. The smallest absolute Gasteiger partial charge is 0.0714 e. The van der Waals surface area contributed by atoms with Crippen LogP contribution in [0.3, 0.4) is 0 Å². The molecule has 2 saturated carbocycles. The van der Waals surface area contributed by atoms with Gasteiger partial charge in [-0.1, -0.05) is 201 Å². The van der Waals surface area contributed by atoms with E-state index in [-0.39, 0.29) is 0 Å². The Hall–Kier alpha value is -7.22. The molecule has 1 nitrogen and oxygen atoms in total. The molecule has 9 aromatic rings. The molecule has 0 aliphatic heterocycles. The van der Waals surface area contributed by atoms with Crippen molar-refractivity contribution in [3.63, 3.8) is 0 Å². The topological polar surface area (TPSA) is 3.24 Å². The summed E-state index contributed by atoms with van der Waals surface area (Å²) in [6, 6.07) is 86.0. The maximum absolute atomic E-state index is 2.54. The van der Waals surface area contributed by atoms with E-state index in [4.69, 9.17) is 0 Å². The fourth-order valence-electron chi connectivity index (χ4n) is 11.9. The third kappa shape index (κ3) is 6.29. The van der Waals surface area contributed by atoms with E-state index in [0.29, 0.717) is 5.92 Å². The van der Waals surface area contributed by atoms with E-state index < -0.39 is 5.41 Å². The second-order valence-electron chi connectivity index (χ2n) is 18.0. The molecule has 3 aliphatic carbocycles. The summed E-state index contributed by atoms with van der Waals surface area (Å²) in [6.07, 6.45) is 5.54. The first-order valence-corrected chi connectivity index (χ1v) is 22.8. The van der Waals surface area contributed by atoms with Crippen LogP contribution in [0, 0.1) is 11.8 Å². The fourth-order valence-corrected chi connectivity index (χ4v) is 11.9. The van der Waals surface area contributed by atoms with Crippen LogP contribution in [0.25, 0.3) is 44.5 Å². The molecule has 0 aromatic heterocycles. The molecule has 1 heteroatoms. The zero-order valence-electron chi connectivity index (χ0n) is 35.4. The predicted molar refractivity (Wildman–Crippen MR) is 263 cm³/mol.